The number of amides is 1. The number of halogens is 1. The third-order valence-electron chi connectivity index (χ3n) is 2.80. The van der Waals surface area contributed by atoms with Crippen LogP contribution in [0.3, 0.4) is 0 Å². The van der Waals surface area contributed by atoms with Crippen molar-refractivity contribution < 1.29 is 9.00 Å². The third-order valence-corrected chi connectivity index (χ3v) is 4.60. The largest absolute Gasteiger partial charge is 0.341 e. The number of hydrogen-bond acceptors (Lipinski definition) is 2. The monoisotopic (exact) mass is 315 g/mol. The first kappa shape index (κ1) is 12.8. The fourth-order valence-electron chi connectivity index (χ4n) is 1.78. The van der Waals surface area contributed by atoms with Gasteiger partial charge in [-0.25, -0.2) is 0 Å². The average Bonchev–Trinajstić information content (AvgIpc) is 2.33. The minimum atomic E-state index is -0.727. The van der Waals surface area contributed by atoms with Gasteiger partial charge in [0.1, 0.15) is 0 Å². The third kappa shape index (κ3) is 3.64. The summed E-state index contributed by atoms with van der Waals surface area (Å²) >= 11 is 3.37. The smallest absolute Gasteiger partial charge is 0.227 e. The van der Waals surface area contributed by atoms with E-state index in [9.17, 15) is 9.00 Å². The van der Waals surface area contributed by atoms with E-state index in [0.717, 1.165) is 10.0 Å². The lowest BCUT2D eigenvalue weighted by molar-refractivity contribution is -0.130. The van der Waals surface area contributed by atoms with Crippen LogP contribution in [0.5, 0.6) is 0 Å². The normalized spacial score (nSPS) is 17.1. The van der Waals surface area contributed by atoms with E-state index in [1.165, 1.54) is 0 Å². The van der Waals surface area contributed by atoms with Crippen LogP contribution >= 0.6 is 15.9 Å². The molecule has 0 N–H and O–H groups in total. The Morgan fingerprint density at radius 1 is 1.24 bits per heavy atom. The number of carbonyl (C=O) groups is 1. The zero-order chi connectivity index (χ0) is 12.3. The molecule has 5 heteroatoms. The molecule has 0 aromatic heterocycles. The van der Waals surface area contributed by atoms with Crippen molar-refractivity contribution in [1.82, 2.24) is 4.90 Å². The van der Waals surface area contributed by atoms with Crippen LogP contribution in [0.15, 0.2) is 28.7 Å². The number of hydrogen-bond donors (Lipinski definition) is 0. The molecule has 3 nitrogen and oxygen atoms in total. The van der Waals surface area contributed by atoms with E-state index in [-0.39, 0.29) is 5.91 Å². The predicted molar refractivity (Wildman–Crippen MR) is 72.3 cm³/mol. The average molecular weight is 316 g/mol. The maximum Gasteiger partial charge on any atom is 0.227 e. The molecule has 0 atom stereocenters. The summed E-state index contributed by atoms with van der Waals surface area (Å²) < 4.78 is 12.2. The summed E-state index contributed by atoms with van der Waals surface area (Å²) in [5.74, 6) is 1.36. The molecule has 0 bridgehead atoms. The van der Waals surface area contributed by atoms with Crippen molar-refractivity contribution in [1.29, 1.82) is 0 Å². The molecule has 1 aliphatic rings. The van der Waals surface area contributed by atoms with Crippen molar-refractivity contribution in [2.24, 2.45) is 0 Å². The fraction of sp³-hybridized carbons (Fsp3) is 0.417. The van der Waals surface area contributed by atoms with Gasteiger partial charge in [0.15, 0.2) is 0 Å². The van der Waals surface area contributed by atoms with Gasteiger partial charge < -0.3 is 4.90 Å². The number of nitrogens with zero attached hydrogens (tertiary/aromatic N) is 1. The number of benzene rings is 1. The van der Waals surface area contributed by atoms with Crippen LogP contribution in [0.1, 0.15) is 5.56 Å². The Kier molecular flexibility index (Phi) is 4.34. The Labute approximate surface area is 112 Å². The van der Waals surface area contributed by atoms with Gasteiger partial charge >= 0.3 is 0 Å². The van der Waals surface area contributed by atoms with Crippen LogP contribution in [0.25, 0.3) is 0 Å². The summed E-state index contributed by atoms with van der Waals surface area (Å²) in [7, 11) is -0.727. The Morgan fingerprint density at radius 3 is 2.41 bits per heavy atom. The van der Waals surface area contributed by atoms with Gasteiger partial charge in [-0.05, 0) is 17.7 Å². The van der Waals surface area contributed by atoms with Crippen LogP contribution in [-0.4, -0.2) is 39.6 Å². The van der Waals surface area contributed by atoms with E-state index in [4.69, 9.17) is 0 Å². The van der Waals surface area contributed by atoms with Crippen molar-refractivity contribution in [2.75, 3.05) is 24.6 Å². The van der Waals surface area contributed by atoms with E-state index in [2.05, 4.69) is 15.9 Å². The highest BCUT2D eigenvalue weighted by Gasteiger charge is 2.19. The summed E-state index contributed by atoms with van der Waals surface area (Å²) in [6, 6.07) is 7.77. The van der Waals surface area contributed by atoms with Gasteiger partial charge in [-0.3, -0.25) is 9.00 Å². The van der Waals surface area contributed by atoms with Gasteiger partial charge in [-0.2, -0.15) is 0 Å². The van der Waals surface area contributed by atoms with Crippen molar-refractivity contribution >= 4 is 32.6 Å². The molecule has 1 amide bonds. The molecule has 1 fully saturated rings. The highest BCUT2D eigenvalue weighted by Crippen LogP contribution is 2.12. The summed E-state index contributed by atoms with van der Waals surface area (Å²) in [6.07, 6.45) is 0.430. The predicted octanol–water partition coefficient (Wildman–Crippen LogP) is 1.58. The van der Waals surface area contributed by atoms with E-state index in [1.54, 1.807) is 0 Å². The zero-order valence-electron chi connectivity index (χ0n) is 9.39. The topological polar surface area (TPSA) is 37.4 Å². The van der Waals surface area contributed by atoms with Crippen molar-refractivity contribution in [2.45, 2.75) is 6.42 Å². The van der Waals surface area contributed by atoms with E-state index in [1.807, 2.05) is 29.2 Å². The van der Waals surface area contributed by atoms with Crippen molar-refractivity contribution in [3.05, 3.63) is 34.3 Å². The molecule has 2 rings (SSSR count). The Balaban J connectivity index is 1.92. The van der Waals surface area contributed by atoms with Gasteiger partial charge in [0.25, 0.3) is 0 Å². The summed E-state index contributed by atoms with van der Waals surface area (Å²) in [6.45, 7) is 1.25. The van der Waals surface area contributed by atoms with Crippen LogP contribution in [0.4, 0.5) is 0 Å². The van der Waals surface area contributed by atoms with Gasteiger partial charge in [0.05, 0.1) is 6.42 Å². The molecule has 92 valence electrons. The molecule has 1 saturated heterocycles. The summed E-state index contributed by atoms with van der Waals surface area (Å²) in [4.78, 5) is 13.8. The zero-order valence-corrected chi connectivity index (χ0v) is 11.8. The molecule has 1 heterocycles. The first-order valence-electron chi connectivity index (χ1n) is 5.52. The quantitative estimate of drug-likeness (QED) is 0.831. The lowest BCUT2D eigenvalue weighted by Crippen LogP contribution is -2.42. The molecule has 0 aliphatic carbocycles. The van der Waals surface area contributed by atoms with Crippen LogP contribution < -0.4 is 0 Å². The molecule has 17 heavy (non-hydrogen) atoms. The van der Waals surface area contributed by atoms with Crippen LogP contribution in [-0.2, 0) is 22.0 Å². The lowest BCUT2D eigenvalue weighted by Gasteiger charge is -2.26. The van der Waals surface area contributed by atoms with Crippen molar-refractivity contribution in [3.63, 3.8) is 0 Å². The van der Waals surface area contributed by atoms with Gasteiger partial charge in [-0.15, -0.1) is 0 Å². The molecule has 1 aromatic rings. The summed E-state index contributed by atoms with van der Waals surface area (Å²) in [5.41, 5.74) is 1.02. The molecule has 0 saturated carbocycles. The first-order valence-corrected chi connectivity index (χ1v) is 7.80. The molecule has 0 unspecified atom stereocenters. The maximum absolute atomic E-state index is 12.0. The maximum atomic E-state index is 12.0. The van der Waals surface area contributed by atoms with Crippen LogP contribution in [0, 0.1) is 0 Å². The molecule has 0 radical (unpaired) electrons. The summed E-state index contributed by atoms with van der Waals surface area (Å²) in [5, 5.41) is 0. The molecular formula is C12H14BrNO2S. The second-order valence-corrected chi connectivity index (χ2v) is 6.64. The fourth-order valence-corrected chi connectivity index (χ4v) is 3.09. The molecule has 0 spiro atoms. The lowest BCUT2D eigenvalue weighted by atomic mass is 10.1. The van der Waals surface area contributed by atoms with E-state index >= 15 is 0 Å². The highest BCUT2D eigenvalue weighted by molar-refractivity contribution is 9.10. The highest BCUT2D eigenvalue weighted by atomic mass is 79.9. The first-order chi connectivity index (χ1) is 8.15. The number of rotatable bonds is 2. The SMILES string of the molecule is O=C(Cc1ccc(Br)cc1)N1CCS(=O)CC1. The Hall–Kier alpha value is -0.680. The van der Waals surface area contributed by atoms with Gasteiger partial charge in [0, 0.05) is 39.9 Å². The van der Waals surface area contributed by atoms with Gasteiger partial charge in [-0.1, -0.05) is 28.1 Å². The van der Waals surface area contributed by atoms with E-state index < -0.39 is 10.8 Å². The molecule has 1 aromatic carbocycles. The second-order valence-electron chi connectivity index (χ2n) is 4.03. The standard InChI is InChI=1S/C12H14BrNO2S/c13-11-3-1-10(2-4-11)9-12(15)14-5-7-17(16)8-6-14/h1-4H,5-9H2. The van der Waals surface area contributed by atoms with Gasteiger partial charge in [0.2, 0.25) is 5.91 Å². The Morgan fingerprint density at radius 2 is 1.82 bits per heavy atom. The van der Waals surface area contributed by atoms with E-state index in [0.29, 0.717) is 31.0 Å². The second kappa shape index (κ2) is 5.78. The number of carbonyl (C=O) groups excluding carboxylic acids is 1. The van der Waals surface area contributed by atoms with Crippen LogP contribution in [0.2, 0.25) is 0 Å². The van der Waals surface area contributed by atoms with Crippen molar-refractivity contribution in [3.8, 4) is 0 Å². The molecule has 1 aliphatic heterocycles. The minimum absolute atomic E-state index is 0.129. The Bertz CT molecular complexity index is 423. The molecular weight excluding hydrogens is 302 g/mol. The minimum Gasteiger partial charge on any atom is -0.341 e.